The van der Waals surface area contributed by atoms with Crippen LogP contribution in [0.25, 0.3) is 17.1 Å². The molecule has 30 heavy (non-hydrogen) atoms. The Hall–Kier alpha value is -3.22. The molecule has 1 aliphatic rings. The first-order valence-electron chi connectivity index (χ1n) is 10.5. The molecule has 1 aliphatic carbocycles. The number of nitrogens with zero attached hydrogens (tertiary/aromatic N) is 4. The van der Waals surface area contributed by atoms with Gasteiger partial charge >= 0.3 is 5.97 Å². The minimum atomic E-state index is -0.208. The van der Waals surface area contributed by atoms with E-state index in [-0.39, 0.29) is 23.5 Å². The van der Waals surface area contributed by atoms with Crippen LogP contribution >= 0.6 is 0 Å². The van der Waals surface area contributed by atoms with Crippen LogP contribution in [0.15, 0.2) is 59.5 Å². The molecule has 3 aromatic rings. The zero-order valence-corrected chi connectivity index (χ0v) is 17.1. The second-order valence-electron chi connectivity index (χ2n) is 7.59. The van der Waals surface area contributed by atoms with Gasteiger partial charge in [0.05, 0.1) is 36.6 Å². The van der Waals surface area contributed by atoms with E-state index in [1.807, 2.05) is 48.0 Å². The third-order valence-corrected chi connectivity index (χ3v) is 5.65. The van der Waals surface area contributed by atoms with Crippen molar-refractivity contribution >= 4 is 5.97 Å². The van der Waals surface area contributed by atoms with Crippen molar-refractivity contribution < 1.29 is 9.53 Å². The lowest BCUT2D eigenvalue weighted by molar-refractivity contribution is -0.145. The molecule has 0 spiro atoms. The molecule has 1 aromatic carbocycles. The maximum absolute atomic E-state index is 12.7. The van der Waals surface area contributed by atoms with Crippen LogP contribution in [-0.2, 0) is 9.53 Å². The second kappa shape index (κ2) is 9.07. The summed E-state index contributed by atoms with van der Waals surface area (Å²) in [5.74, 6) is -0.155. The molecule has 0 amide bonds. The molecular weight excluding hydrogens is 380 g/mol. The third kappa shape index (κ3) is 4.20. The van der Waals surface area contributed by atoms with Gasteiger partial charge < -0.3 is 4.74 Å². The molecule has 2 heterocycles. The van der Waals surface area contributed by atoms with Crippen LogP contribution in [0, 0.1) is 5.92 Å². The summed E-state index contributed by atoms with van der Waals surface area (Å²) in [6.07, 6.45) is 5.84. The highest BCUT2D eigenvalue weighted by Gasteiger charge is 2.30. The Morgan fingerprint density at radius 2 is 1.90 bits per heavy atom. The van der Waals surface area contributed by atoms with Gasteiger partial charge in [0.2, 0.25) is 0 Å². The van der Waals surface area contributed by atoms with Crippen LogP contribution in [-0.4, -0.2) is 32.1 Å². The van der Waals surface area contributed by atoms with Gasteiger partial charge in [-0.1, -0.05) is 31.0 Å². The van der Waals surface area contributed by atoms with Crippen molar-refractivity contribution in [2.45, 2.75) is 45.1 Å². The lowest BCUT2D eigenvalue weighted by atomic mass is 9.82. The van der Waals surface area contributed by atoms with Gasteiger partial charge in [-0.2, -0.15) is 10.2 Å². The largest absolute Gasteiger partial charge is 0.466 e. The first kappa shape index (κ1) is 20.1. The highest BCUT2D eigenvalue weighted by Crippen LogP contribution is 2.35. The molecule has 4 rings (SSSR count). The van der Waals surface area contributed by atoms with Crippen molar-refractivity contribution in [1.82, 2.24) is 19.6 Å². The van der Waals surface area contributed by atoms with Crippen LogP contribution in [0.2, 0.25) is 0 Å². The summed E-state index contributed by atoms with van der Waals surface area (Å²) in [4.78, 5) is 24.8. The van der Waals surface area contributed by atoms with E-state index in [2.05, 4.69) is 5.10 Å². The minimum Gasteiger partial charge on any atom is -0.466 e. The summed E-state index contributed by atoms with van der Waals surface area (Å²) in [5, 5.41) is 9.15. The maximum atomic E-state index is 12.7. The Bertz CT molecular complexity index is 1060. The van der Waals surface area contributed by atoms with Gasteiger partial charge in [0.15, 0.2) is 0 Å². The molecular formula is C23H26N4O3. The van der Waals surface area contributed by atoms with E-state index in [9.17, 15) is 9.59 Å². The lowest BCUT2D eigenvalue weighted by Crippen LogP contribution is -2.34. The number of rotatable bonds is 6. The Balaban J connectivity index is 1.68. The van der Waals surface area contributed by atoms with Crippen LogP contribution in [0.4, 0.5) is 0 Å². The highest BCUT2D eigenvalue weighted by atomic mass is 16.5. The van der Waals surface area contributed by atoms with Crippen LogP contribution < -0.4 is 5.56 Å². The number of carbonyl (C=O) groups is 1. The van der Waals surface area contributed by atoms with E-state index in [0.717, 1.165) is 37.1 Å². The summed E-state index contributed by atoms with van der Waals surface area (Å²) in [6.45, 7) is 2.18. The fourth-order valence-corrected chi connectivity index (χ4v) is 4.25. The predicted octanol–water partition coefficient (Wildman–Crippen LogP) is 3.78. The van der Waals surface area contributed by atoms with Crippen LogP contribution in [0.5, 0.6) is 0 Å². The third-order valence-electron chi connectivity index (χ3n) is 5.65. The molecule has 0 saturated heterocycles. The Morgan fingerprint density at radius 3 is 2.70 bits per heavy atom. The van der Waals surface area contributed by atoms with E-state index in [0.29, 0.717) is 18.7 Å². The van der Waals surface area contributed by atoms with Gasteiger partial charge in [0, 0.05) is 6.07 Å². The van der Waals surface area contributed by atoms with E-state index in [4.69, 9.17) is 9.84 Å². The van der Waals surface area contributed by atoms with Crippen molar-refractivity contribution in [2.24, 2.45) is 5.92 Å². The number of carbonyl (C=O) groups excluding carboxylic acids is 1. The lowest BCUT2D eigenvalue weighted by Gasteiger charge is -2.31. The zero-order valence-electron chi connectivity index (χ0n) is 17.1. The number of ether oxygens (including phenoxy) is 1. The maximum Gasteiger partial charge on any atom is 0.306 e. The second-order valence-corrected chi connectivity index (χ2v) is 7.59. The molecule has 1 saturated carbocycles. The Labute approximate surface area is 175 Å². The molecule has 2 atom stereocenters. The van der Waals surface area contributed by atoms with Gasteiger partial charge in [-0.3, -0.25) is 9.59 Å². The SMILES string of the molecule is CCOC(=O)C[C@@H]1CCCC[C@H]1n1nc(-c2ccnn2-c2ccccc2)ccc1=O. The Morgan fingerprint density at radius 1 is 1.10 bits per heavy atom. The Kier molecular flexibility index (Phi) is 6.07. The van der Waals surface area contributed by atoms with Crippen molar-refractivity contribution in [2.75, 3.05) is 6.61 Å². The summed E-state index contributed by atoms with van der Waals surface area (Å²) in [6, 6.07) is 14.9. The number of benzene rings is 1. The topological polar surface area (TPSA) is 79.0 Å². The number of aromatic nitrogens is 4. The fraction of sp³-hybridized carbons (Fsp3) is 0.391. The smallest absolute Gasteiger partial charge is 0.306 e. The average molecular weight is 406 g/mol. The van der Waals surface area contributed by atoms with Gasteiger partial charge in [0.1, 0.15) is 5.69 Å². The molecule has 0 radical (unpaired) electrons. The van der Waals surface area contributed by atoms with Crippen molar-refractivity contribution in [3.05, 3.63) is 65.1 Å². The number of para-hydroxylation sites is 1. The molecule has 2 aromatic heterocycles. The molecule has 0 aliphatic heterocycles. The quantitative estimate of drug-likeness (QED) is 0.582. The van der Waals surface area contributed by atoms with E-state index >= 15 is 0 Å². The molecule has 1 fully saturated rings. The molecule has 7 nitrogen and oxygen atoms in total. The number of hydrogen-bond donors (Lipinski definition) is 0. The summed E-state index contributed by atoms with van der Waals surface area (Å²) in [5.41, 5.74) is 2.27. The van der Waals surface area contributed by atoms with Gasteiger partial charge in [0.25, 0.3) is 5.56 Å². The van der Waals surface area contributed by atoms with Gasteiger partial charge in [-0.15, -0.1) is 0 Å². The fourth-order valence-electron chi connectivity index (χ4n) is 4.25. The standard InChI is InChI=1S/C23H26N4O3/c1-2-30-23(29)16-17-8-6-7-11-20(17)27-22(28)13-12-19(25-27)21-14-15-24-26(21)18-9-4-3-5-10-18/h3-5,9-10,12-15,17,20H,2,6-8,11,16H2,1H3/t17-,20+/m0/s1. The van der Waals surface area contributed by atoms with Gasteiger partial charge in [-0.05, 0) is 49.9 Å². The minimum absolute atomic E-state index is 0.0530. The molecule has 0 N–H and O–H groups in total. The van der Waals surface area contributed by atoms with Gasteiger partial charge in [-0.25, -0.2) is 9.36 Å². The first-order valence-corrected chi connectivity index (χ1v) is 10.5. The number of hydrogen-bond acceptors (Lipinski definition) is 5. The number of esters is 1. The van der Waals surface area contributed by atoms with E-state index < -0.39 is 0 Å². The normalized spacial score (nSPS) is 18.8. The zero-order chi connectivity index (χ0) is 20.9. The van der Waals surface area contributed by atoms with Crippen molar-refractivity contribution in [3.63, 3.8) is 0 Å². The summed E-state index contributed by atoms with van der Waals surface area (Å²) < 4.78 is 8.53. The predicted molar refractivity (Wildman–Crippen MR) is 113 cm³/mol. The molecule has 0 unspecified atom stereocenters. The van der Waals surface area contributed by atoms with E-state index in [1.54, 1.807) is 23.0 Å². The van der Waals surface area contributed by atoms with Crippen LogP contribution in [0.1, 0.15) is 45.1 Å². The average Bonchev–Trinajstić information content (AvgIpc) is 3.25. The summed E-state index contributed by atoms with van der Waals surface area (Å²) in [7, 11) is 0. The van der Waals surface area contributed by atoms with Crippen LogP contribution in [0.3, 0.4) is 0 Å². The van der Waals surface area contributed by atoms with Crippen molar-refractivity contribution in [1.29, 1.82) is 0 Å². The summed E-state index contributed by atoms with van der Waals surface area (Å²) >= 11 is 0. The van der Waals surface area contributed by atoms with Crippen molar-refractivity contribution in [3.8, 4) is 17.1 Å². The molecule has 0 bridgehead atoms. The first-order chi connectivity index (χ1) is 14.7. The molecule has 7 heteroatoms. The van der Waals surface area contributed by atoms with E-state index in [1.165, 1.54) is 0 Å². The highest BCUT2D eigenvalue weighted by molar-refractivity contribution is 5.69. The monoisotopic (exact) mass is 406 g/mol. The molecule has 156 valence electrons.